The first-order valence-electron chi connectivity index (χ1n) is 8.19. The molecule has 0 atom stereocenters. The Hall–Kier alpha value is -3.67. The van der Waals surface area contributed by atoms with Crippen LogP contribution in [0.25, 0.3) is 22.3 Å². The lowest BCUT2D eigenvalue weighted by atomic mass is 10.2. The molecule has 1 aromatic heterocycles. The molecule has 0 unspecified atom stereocenters. The summed E-state index contributed by atoms with van der Waals surface area (Å²) in [7, 11) is 0. The SMILES string of the molecule is O=c1c2ccccc2nc(-c2cccc(F)c2)n1N=Cc1ccc(F)cc1. The second-order valence-corrected chi connectivity index (χ2v) is 5.88. The van der Waals surface area contributed by atoms with Crippen LogP contribution in [0, 0.1) is 11.6 Å². The number of benzene rings is 3. The molecule has 6 heteroatoms. The van der Waals surface area contributed by atoms with Gasteiger partial charge in [-0.2, -0.15) is 9.78 Å². The van der Waals surface area contributed by atoms with Gasteiger partial charge in [0.1, 0.15) is 11.6 Å². The Bertz CT molecular complexity index is 1210. The largest absolute Gasteiger partial charge is 0.282 e. The molecule has 0 saturated carbocycles. The van der Waals surface area contributed by atoms with Gasteiger partial charge in [0.05, 0.1) is 17.1 Å². The number of rotatable bonds is 3. The maximum atomic E-state index is 13.7. The molecule has 0 radical (unpaired) electrons. The first-order chi connectivity index (χ1) is 13.1. The minimum atomic E-state index is -0.441. The van der Waals surface area contributed by atoms with E-state index in [2.05, 4.69) is 10.1 Å². The van der Waals surface area contributed by atoms with E-state index in [1.54, 1.807) is 48.5 Å². The van der Waals surface area contributed by atoms with Gasteiger partial charge >= 0.3 is 0 Å². The van der Waals surface area contributed by atoms with Crippen molar-refractivity contribution in [1.29, 1.82) is 0 Å². The summed E-state index contributed by atoms with van der Waals surface area (Å²) in [5, 5.41) is 4.63. The molecule has 1 heterocycles. The van der Waals surface area contributed by atoms with Gasteiger partial charge in [-0.1, -0.05) is 36.4 Å². The summed E-state index contributed by atoms with van der Waals surface area (Å²) in [5.41, 5.74) is 1.16. The van der Waals surface area contributed by atoms with E-state index in [9.17, 15) is 13.6 Å². The summed E-state index contributed by atoms with van der Waals surface area (Å²) >= 11 is 0. The summed E-state index contributed by atoms with van der Waals surface area (Å²) in [4.78, 5) is 17.4. The van der Waals surface area contributed by atoms with E-state index in [0.29, 0.717) is 22.0 Å². The lowest BCUT2D eigenvalue weighted by Gasteiger charge is -2.09. The van der Waals surface area contributed by atoms with Crippen LogP contribution >= 0.6 is 0 Å². The van der Waals surface area contributed by atoms with Crippen molar-refractivity contribution < 1.29 is 8.78 Å². The maximum Gasteiger partial charge on any atom is 0.282 e. The van der Waals surface area contributed by atoms with Gasteiger partial charge in [0.15, 0.2) is 5.82 Å². The van der Waals surface area contributed by atoms with Gasteiger partial charge in [0, 0.05) is 5.56 Å². The quantitative estimate of drug-likeness (QED) is 0.513. The molecule has 0 spiro atoms. The van der Waals surface area contributed by atoms with Gasteiger partial charge in [-0.05, 0) is 42.0 Å². The summed E-state index contributed by atoms with van der Waals surface area (Å²) in [6, 6.07) is 18.4. The molecule has 4 aromatic rings. The van der Waals surface area contributed by atoms with E-state index in [4.69, 9.17) is 0 Å². The van der Waals surface area contributed by atoms with E-state index in [1.807, 2.05) is 0 Å². The highest BCUT2D eigenvalue weighted by molar-refractivity contribution is 5.81. The molecule has 3 aromatic carbocycles. The highest BCUT2D eigenvalue weighted by Gasteiger charge is 2.12. The maximum absolute atomic E-state index is 13.7. The van der Waals surface area contributed by atoms with E-state index >= 15 is 0 Å². The Morgan fingerprint density at radius 1 is 0.889 bits per heavy atom. The predicted octanol–water partition coefficient (Wildman–Crippen LogP) is 4.22. The van der Waals surface area contributed by atoms with Gasteiger partial charge in [-0.15, -0.1) is 0 Å². The third kappa shape index (κ3) is 3.37. The molecule has 0 aliphatic rings. The number of hydrogen-bond donors (Lipinski definition) is 0. The third-order valence-corrected chi connectivity index (χ3v) is 4.03. The van der Waals surface area contributed by atoms with Crippen molar-refractivity contribution in [1.82, 2.24) is 9.66 Å². The van der Waals surface area contributed by atoms with Crippen molar-refractivity contribution in [3.8, 4) is 11.4 Å². The van der Waals surface area contributed by atoms with Crippen LogP contribution in [0.3, 0.4) is 0 Å². The first kappa shape index (κ1) is 16.8. The molecule has 132 valence electrons. The molecule has 0 aliphatic carbocycles. The van der Waals surface area contributed by atoms with Crippen molar-refractivity contribution in [2.45, 2.75) is 0 Å². The van der Waals surface area contributed by atoms with Gasteiger partial charge in [0.25, 0.3) is 5.56 Å². The molecule has 4 nitrogen and oxygen atoms in total. The number of nitrogens with zero attached hydrogens (tertiary/aromatic N) is 3. The molecule has 0 saturated heterocycles. The lowest BCUT2D eigenvalue weighted by Crippen LogP contribution is -2.20. The van der Waals surface area contributed by atoms with Gasteiger partial charge in [0.2, 0.25) is 0 Å². The number of halogens is 2. The molecule has 27 heavy (non-hydrogen) atoms. The molecule has 0 amide bonds. The smallest absolute Gasteiger partial charge is 0.267 e. The Morgan fingerprint density at radius 2 is 1.67 bits per heavy atom. The molecule has 0 N–H and O–H groups in total. The zero-order valence-electron chi connectivity index (χ0n) is 14.0. The fourth-order valence-electron chi connectivity index (χ4n) is 2.72. The van der Waals surface area contributed by atoms with E-state index in [-0.39, 0.29) is 17.2 Å². The summed E-state index contributed by atoms with van der Waals surface area (Å²) in [6.07, 6.45) is 1.43. The normalized spacial score (nSPS) is 11.3. The highest BCUT2D eigenvalue weighted by Crippen LogP contribution is 2.19. The third-order valence-electron chi connectivity index (χ3n) is 4.03. The zero-order chi connectivity index (χ0) is 18.8. The number of hydrogen-bond acceptors (Lipinski definition) is 3. The number of aromatic nitrogens is 2. The molecule has 0 aliphatic heterocycles. The monoisotopic (exact) mass is 361 g/mol. The average molecular weight is 361 g/mol. The van der Waals surface area contributed by atoms with Crippen LogP contribution in [0.1, 0.15) is 5.56 Å². The van der Waals surface area contributed by atoms with Crippen LogP contribution in [0.4, 0.5) is 8.78 Å². The van der Waals surface area contributed by atoms with E-state index < -0.39 is 5.82 Å². The van der Waals surface area contributed by atoms with Gasteiger partial charge in [-0.25, -0.2) is 13.8 Å². The predicted molar refractivity (Wildman–Crippen MR) is 101 cm³/mol. The molecule has 0 fully saturated rings. The Labute approximate surface area is 153 Å². The molecular weight excluding hydrogens is 348 g/mol. The standard InChI is InChI=1S/C21H13F2N3O/c22-16-10-8-14(9-11-16)13-24-26-20(15-4-3-5-17(23)12-15)25-19-7-2-1-6-18(19)21(26)27/h1-13H. The summed E-state index contributed by atoms with van der Waals surface area (Å²) in [6.45, 7) is 0. The first-order valence-corrected chi connectivity index (χ1v) is 8.19. The minimum absolute atomic E-state index is 0.219. The number of para-hydroxylation sites is 1. The fourth-order valence-corrected chi connectivity index (χ4v) is 2.72. The summed E-state index contributed by atoms with van der Waals surface area (Å²) < 4.78 is 27.9. The van der Waals surface area contributed by atoms with E-state index in [0.717, 1.165) is 4.68 Å². The average Bonchev–Trinajstić information content (AvgIpc) is 2.68. The second kappa shape index (κ2) is 6.92. The van der Waals surface area contributed by atoms with Crippen LogP contribution in [0.2, 0.25) is 0 Å². The Morgan fingerprint density at radius 3 is 2.44 bits per heavy atom. The van der Waals surface area contributed by atoms with Crippen LogP contribution in [0.5, 0.6) is 0 Å². The van der Waals surface area contributed by atoms with Crippen LogP contribution in [-0.4, -0.2) is 15.9 Å². The highest BCUT2D eigenvalue weighted by atomic mass is 19.1. The van der Waals surface area contributed by atoms with Crippen molar-refractivity contribution in [2.24, 2.45) is 5.10 Å². The molecule has 0 bridgehead atoms. The number of fused-ring (bicyclic) bond motifs is 1. The molecular formula is C21H13F2N3O. The summed E-state index contributed by atoms with van der Waals surface area (Å²) in [5.74, 6) is -0.585. The topological polar surface area (TPSA) is 47.2 Å². The van der Waals surface area contributed by atoms with E-state index in [1.165, 1.54) is 30.5 Å². The zero-order valence-corrected chi connectivity index (χ0v) is 14.0. The van der Waals surface area contributed by atoms with Gasteiger partial charge in [-0.3, -0.25) is 4.79 Å². The van der Waals surface area contributed by atoms with Crippen LogP contribution in [0.15, 0.2) is 82.7 Å². The second-order valence-electron chi connectivity index (χ2n) is 5.88. The van der Waals surface area contributed by atoms with Crippen molar-refractivity contribution in [2.75, 3.05) is 0 Å². The minimum Gasteiger partial charge on any atom is -0.267 e. The van der Waals surface area contributed by atoms with Gasteiger partial charge < -0.3 is 0 Å². The van der Waals surface area contributed by atoms with Crippen LogP contribution < -0.4 is 5.56 Å². The van der Waals surface area contributed by atoms with Crippen molar-refractivity contribution in [3.63, 3.8) is 0 Å². The Kier molecular flexibility index (Phi) is 4.30. The molecule has 4 rings (SSSR count). The van der Waals surface area contributed by atoms with Crippen molar-refractivity contribution in [3.05, 3.63) is 100 Å². The Balaban J connectivity index is 1.94. The van der Waals surface area contributed by atoms with Crippen LogP contribution in [-0.2, 0) is 0 Å². The fraction of sp³-hybridized carbons (Fsp3) is 0. The lowest BCUT2D eigenvalue weighted by molar-refractivity contribution is 0.627. The van der Waals surface area contributed by atoms with Crippen molar-refractivity contribution >= 4 is 17.1 Å².